The molecule has 2 unspecified atom stereocenters. The second kappa shape index (κ2) is 16.0. The van der Waals surface area contributed by atoms with Crippen LogP contribution in [0, 0.1) is 9.49 Å². The largest absolute Gasteiger partial charge is 0.457 e. The van der Waals surface area contributed by atoms with Crippen molar-refractivity contribution in [3.05, 3.63) is 63.7 Å². The average Bonchev–Trinajstić information content (AvgIpc) is 2.91. The van der Waals surface area contributed by atoms with Crippen molar-refractivity contribution in [2.75, 3.05) is 12.5 Å². The number of alkyl halides is 2. The Labute approximate surface area is 261 Å². The van der Waals surface area contributed by atoms with Crippen molar-refractivity contribution in [3.8, 4) is 5.75 Å². The van der Waals surface area contributed by atoms with Crippen LogP contribution in [-0.4, -0.2) is 34.5 Å². The first kappa shape index (κ1) is 30.4. The van der Waals surface area contributed by atoms with Crippen LogP contribution in [0.2, 0.25) is 0 Å². The maximum Gasteiger partial charge on any atom is 0.190 e. The van der Waals surface area contributed by atoms with Crippen molar-refractivity contribution >= 4 is 62.7 Å². The minimum absolute atomic E-state index is 0.0267. The van der Waals surface area contributed by atoms with Crippen molar-refractivity contribution in [3.63, 3.8) is 0 Å². The van der Waals surface area contributed by atoms with Crippen LogP contribution in [0.3, 0.4) is 0 Å². The van der Waals surface area contributed by atoms with Crippen LogP contribution in [0.25, 0.3) is 0 Å². The van der Waals surface area contributed by atoms with Gasteiger partial charge in [0.25, 0.3) is 0 Å². The molecule has 0 N–H and O–H groups in total. The first-order valence-electron chi connectivity index (χ1n) is 14.1. The van der Waals surface area contributed by atoms with E-state index in [-0.39, 0.29) is 10.0 Å². The topological polar surface area (TPSA) is 40.0 Å². The molecule has 4 rings (SSSR count). The Balaban J connectivity index is 1.34. The van der Waals surface area contributed by atoms with Gasteiger partial charge in [-0.05, 0) is 84.0 Å². The lowest BCUT2D eigenvalue weighted by Crippen LogP contribution is -2.24. The number of hydrogen-bond donors (Lipinski definition) is 0. The summed E-state index contributed by atoms with van der Waals surface area (Å²) in [6, 6.07) is 6.72. The van der Waals surface area contributed by atoms with Crippen LogP contribution in [-0.2, 0) is 15.9 Å². The molecule has 38 heavy (non-hydrogen) atoms. The summed E-state index contributed by atoms with van der Waals surface area (Å²) in [7, 11) is 0. The summed E-state index contributed by atoms with van der Waals surface area (Å²) in [6.07, 6.45) is 20.7. The van der Waals surface area contributed by atoms with Gasteiger partial charge in [0.2, 0.25) is 0 Å². The number of allylic oxidation sites excluding steroid dienone is 2. The fourth-order valence-corrected chi connectivity index (χ4v) is 7.05. The summed E-state index contributed by atoms with van der Waals surface area (Å²) in [5.41, 5.74) is 1.16. The van der Waals surface area contributed by atoms with Gasteiger partial charge in [-0.2, -0.15) is 0 Å². The predicted octanol–water partition coefficient (Wildman–Crippen LogP) is 9.33. The van der Waals surface area contributed by atoms with Crippen LogP contribution in [0.5, 0.6) is 5.75 Å². The minimum Gasteiger partial charge on any atom is -0.457 e. The number of halogens is 3. The van der Waals surface area contributed by atoms with E-state index in [4.69, 9.17) is 30.8 Å². The number of hydrogen-bond acceptors (Lipinski definition) is 4. The molecule has 0 spiro atoms. The Morgan fingerprint density at radius 3 is 2.47 bits per heavy atom. The SMILES string of the molecule is C=C(Cc1ccc(OC2=CC(I)C(OCCCl)C=C2)c(I)c1)O/C(CC1CCCCC1)=N/C1CCCCC1. The summed E-state index contributed by atoms with van der Waals surface area (Å²) in [4.78, 5) is 5.12. The lowest BCUT2D eigenvalue weighted by atomic mass is 9.87. The third-order valence-corrected chi connectivity index (χ3v) is 9.52. The van der Waals surface area contributed by atoms with Gasteiger partial charge in [-0.3, -0.25) is 4.99 Å². The molecule has 0 aromatic heterocycles. The van der Waals surface area contributed by atoms with Gasteiger partial charge in [0.05, 0.1) is 26.2 Å². The molecule has 0 amide bonds. The van der Waals surface area contributed by atoms with Gasteiger partial charge in [-0.25, -0.2) is 0 Å². The van der Waals surface area contributed by atoms with Gasteiger partial charge >= 0.3 is 0 Å². The highest BCUT2D eigenvalue weighted by atomic mass is 127. The normalized spacial score (nSPS) is 23.2. The van der Waals surface area contributed by atoms with Gasteiger partial charge in [-0.1, -0.05) is 79.8 Å². The van der Waals surface area contributed by atoms with E-state index in [0.29, 0.717) is 30.9 Å². The third kappa shape index (κ3) is 9.81. The molecule has 0 aliphatic heterocycles. The third-order valence-electron chi connectivity index (χ3n) is 7.45. The Morgan fingerprint density at radius 1 is 1.05 bits per heavy atom. The molecule has 7 heteroatoms. The van der Waals surface area contributed by atoms with Crippen LogP contribution < -0.4 is 4.74 Å². The first-order chi connectivity index (χ1) is 18.5. The molecule has 0 bridgehead atoms. The first-order valence-corrected chi connectivity index (χ1v) is 17.0. The highest BCUT2D eigenvalue weighted by molar-refractivity contribution is 14.1. The highest BCUT2D eigenvalue weighted by Crippen LogP contribution is 2.30. The monoisotopic (exact) mass is 763 g/mol. The molecule has 2 fully saturated rings. The van der Waals surface area contributed by atoms with Crippen molar-refractivity contribution in [1.29, 1.82) is 0 Å². The Morgan fingerprint density at radius 2 is 1.79 bits per heavy atom. The summed E-state index contributed by atoms with van der Waals surface area (Å²) < 4.78 is 19.6. The molecular weight excluding hydrogens is 724 g/mol. The zero-order valence-corrected chi connectivity index (χ0v) is 27.3. The molecular formula is C31H40ClI2NO3. The number of aliphatic imine (C=N–C) groups is 1. The van der Waals surface area contributed by atoms with Crippen LogP contribution in [0.4, 0.5) is 0 Å². The van der Waals surface area contributed by atoms with E-state index in [9.17, 15) is 0 Å². The van der Waals surface area contributed by atoms with Gasteiger partial charge in [0.15, 0.2) is 5.90 Å². The van der Waals surface area contributed by atoms with E-state index in [1.54, 1.807) is 0 Å². The van der Waals surface area contributed by atoms with Gasteiger partial charge in [0.1, 0.15) is 17.3 Å². The standard InChI is InChI=1S/C31H40ClI2NO3/c1-22(37-31(20-23-8-4-2-5-9-23)35-25-10-6-3-7-11-25)18-24-12-14-30(27(33)19-24)38-26-13-15-29(28(34)21-26)36-17-16-32/h12-15,19,21,23,25,28-29H,1-11,16-18,20H2/b35-31+. The lowest BCUT2D eigenvalue weighted by Gasteiger charge is -2.24. The zero-order valence-electron chi connectivity index (χ0n) is 22.2. The van der Waals surface area contributed by atoms with Gasteiger partial charge < -0.3 is 14.2 Å². The maximum atomic E-state index is 6.38. The molecule has 0 radical (unpaired) electrons. The van der Waals surface area contributed by atoms with Gasteiger partial charge in [0, 0.05) is 18.7 Å². The fourth-order valence-electron chi connectivity index (χ4n) is 5.47. The number of rotatable bonds is 11. The number of nitrogens with zero attached hydrogens (tertiary/aromatic N) is 1. The molecule has 1 aromatic rings. The Kier molecular flexibility index (Phi) is 12.8. The Hall–Kier alpha value is -0.580. The van der Waals surface area contributed by atoms with Crippen molar-refractivity contribution in [2.24, 2.45) is 10.9 Å². The van der Waals surface area contributed by atoms with Crippen LogP contribution >= 0.6 is 56.8 Å². The summed E-state index contributed by atoms with van der Waals surface area (Å²) in [6.45, 7) is 4.83. The van der Waals surface area contributed by atoms with Crippen LogP contribution in [0.1, 0.15) is 76.2 Å². The average molecular weight is 764 g/mol. The van der Waals surface area contributed by atoms with E-state index in [2.05, 4.69) is 70.0 Å². The number of benzene rings is 1. The lowest BCUT2D eigenvalue weighted by molar-refractivity contribution is 0.104. The molecule has 1 aromatic carbocycles. The predicted molar refractivity (Wildman–Crippen MR) is 175 cm³/mol. The number of ether oxygens (including phenoxy) is 3. The molecule has 0 heterocycles. The molecule has 3 aliphatic carbocycles. The highest BCUT2D eigenvalue weighted by Gasteiger charge is 2.22. The van der Waals surface area contributed by atoms with Crippen LogP contribution in [0.15, 0.2) is 59.5 Å². The zero-order chi connectivity index (χ0) is 26.7. The van der Waals surface area contributed by atoms with Crippen molar-refractivity contribution in [2.45, 2.75) is 93.1 Å². The smallest absolute Gasteiger partial charge is 0.190 e. The summed E-state index contributed by atoms with van der Waals surface area (Å²) in [5.74, 6) is 4.56. The quantitative estimate of drug-likeness (QED) is 0.0742. The van der Waals surface area contributed by atoms with E-state index in [0.717, 1.165) is 38.7 Å². The van der Waals surface area contributed by atoms with E-state index < -0.39 is 0 Å². The van der Waals surface area contributed by atoms with Gasteiger partial charge in [-0.15, -0.1) is 11.6 Å². The van der Waals surface area contributed by atoms with E-state index in [1.807, 2.05) is 18.2 Å². The van der Waals surface area contributed by atoms with Crippen molar-refractivity contribution < 1.29 is 14.2 Å². The van der Waals surface area contributed by atoms with E-state index in [1.165, 1.54) is 64.2 Å². The summed E-state index contributed by atoms with van der Waals surface area (Å²) >= 11 is 10.5. The maximum absolute atomic E-state index is 6.38. The second-order valence-corrected chi connectivity index (χ2v) is 13.6. The molecule has 3 aliphatic rings. The van der Waals surface area contributed by atoms with E-state index >= 15 is 0 Å². The fraction of sp³-hybridized carbons (Fsp3) is 0.581. The molecule has 2 atom stereocenters. The Bertz CT molecular complexity index is 1010. The molecule has 2 saturated carbocycles. The second-order valence-electron chi connectivity index (χ2n) is 10.6. The summed E-state index contributed by atoms with van der Waals surface area (Å²) in [5, 5.41) is 0. The minimum atomic E-state index is 0.0267. The molecule has 4 nitrogen and oxygen atoms in total. The molecule has 0 saturated heterocycles. The van der Waals surface area contributed by atoms with Crippen molar-refractivity contribution in [1.82, 2.24) is 0 Å². The molecule has 208 valence electrons.